The first-order valence-electron chi connectivity index (χ1n) is 3.89. The van der Waals surface area contributed by atoms with E-state index in [-0.39, 0.29) is 6.04 Å². The molecule has 0 amide bonds. The van der Waals surface area contributed by atoms with Gasteiger partial charge in [0.2, 0.25) is 5.89 Å². The number of hydrogen-bond acceptors (Lipinski definition) is 5. The molecule has 1 atom stereocenters. The largest absolute Gasteiger partial charge is 0.338 e. The van der Waals surface area contributed by atoms with Crippen molar-refractivity contribution in [3.8, 4) is 0 Å². The maximum absolute atomic E-state index is 5.55. The van der Waals surface area contributed by atoms with Gasteiger partial charge in [-0.25, -0.2) is 0 Å². The van der Waals surface area contributed by atoms with Crippen molar-refractivity contribution >= 4 is 11.8 Å². The van der Waals surface area contributed by atoms with Gasteiger partial charge in [-0.1, -0.05) is 12.1 Å². The van der Waals surface area contributed by atoms with Gasteiger partial charge in [0.05, 0.1) is 11.8 Å². The summed E-state index contributed by atoms with van der Waals surface area (Å²) >= 11 is 1.76. The molecule has 0 fully saturated rings. The Labute approximate surface area is 75.9 Å². The molecule has 1 aromatic heterocycles. The van der Waals surface area contributed by atoms with Crippen LogP contribution in [0.25, 0.3) is 0 Å². The fourth-order valence-corrected chi connectivity index (χ4v) is 1.21. The Balaban J connectivity index is 2.52. The van der Waals surface area contributed by atoms with E-state index in [1.54, 1.807) is 11.8 Å². The van der Waals surface area contributed by atoms with Crippen LogP contribution < -0.4 is 5.73 Å². The topological polar surface area (TPSA) is 64.9 Å². The first-order chi connectivity index (χ1) is 5.74. The molecule has 1 aromatic rings. The molecule has 0 radical (unpaired) electrons. The fraction of sp³-hybridized carbons (Fsp3) is 0.714. The molecule has 12 heavy (non-hydrogen) atoms. The summed E-state index contributed by atoms with van der Waals surface area (Å²) in [5, 5.41) is 3.79. The van der Waals surface area contributed by atoms with Crippen LogP contribution in [0, 0.1) is 0 Å². The molecule has 0 saturated heterocycles. The molecule has 0 spiro atoms. The van der Waals surface area contributed by atoms with Crippen molar-refractivity contribution in [1.29, 1.82) is 0 Å². The Morgan fingerprint density at radius 1 is 1.67 bits per heavy atom. The summed E-state index contributed by atoms with van der Waals surface area (Å²) in [7, 11) is 0. The van der Waals surface area contributed by atoms with E-state index in [4.69, 9.17) is 10.3 Å². The second-order valence-electron chi connectivity index (χ2n) is 2.47. The van der Waals surface area contributed by atoms with Crippen LogP contribution in [0.2, 0.25) is 0 Å². The number of aromatic nitrogens is 2. The smallest absolute Gasteiger partial charge is 0.243 e. The molecule has 0 aliphatic carbocycles. The first-order valence-corrected chi connectivity index (χ1v) is 5.05. The van der Waals surface area contributed by atoms with Crippen LogP contribution in [0.1, 0.15) is 31.6 Å². The van der Waals surface area contributed by atoms with Gasteiger partial charge in [0.25, 0.3) is 0 Å². The van der Waals surface area contributed by atoms with Crippen LogP contribution in [0.4, 0.5) is 0 Å². The summed E-state index contributed by atoms with van der Waals surface area (Å²) in [5.74, 6) is 3.10. The van der Waals surface area contributed by atoms with Gasteiger partial charge in [0.1, 0.15) is 0 Å². The highest BCUT2D eigenvalue weighted by Crippen LogP contribution is 2.11. The van der Waals surface area contributed by atoms with Crippen LogP contribution in [0.3, 0.4) is 0 Å². The van der Waals surface area contributed by atoms with Crippen molar-refractivity contribution in [1.82, 2.24) is 10.1 Å². The van der Waals surface area contributed by atoms with Crippen molar-refractivity contribution < 1.29 is 4.52 Å². The number of nitrogens with two attached hydrogens (primary N) is 1. The van der Waals surface area contributed by atoms with Gasteiger partial charge < -0.3 is 10.3 Å². The van der Waals surface area contributed by atoms with E-state index in [0.717, 1.165) is 17.3 Å². The molecule has 0 unspecified atom stereocenters. The third kappa shape index (κ3) is 2.49. The van der Waals surface area contributed by atoms with Crippen molar-refractivity contribution in [3.63, 3.8) is 0 Å². The molecular formula is C7H13N3OS. The van der Waals surface area contributed by atoms with Crippen LogP contribution in [0.15, 0.2) is 4.52 Å². The lowest BCUT2D eigenvalue weighted by Gasteiger charge is -1.93. The molecular weight excluding hydrogens is 174 g/mol. The van der Waals surface area contributed by atoms with Crippen molar-refractivity contribution in [2.45, 2.75) is 25.6 Å². The quantitative estimate of drug-likeness (QED) is 0.770. The number of nitrogens with zero attached hydrogens (tertiary/aromatic N) is 2. The Kier molecular flexibility index (Phi) is 3.55. The second kappa shape index (κ2) is 4.47. The van der Waals surface area contributed by atoms with Gasteiger partial charge in [-0.05, 0) is 12.7 Å². The minimum atomic E-state index is -0.169. The Bertz CT molecular complexity index is 236. The van der Waals surface area contributed by atoms with E-state index < -0.39 is 0 Å². The zero-order chi connectivity index (χ0) is 8.97. The third-order valence-corrected chi connectivity index (χ3v) is 2.18. The van der Waals surface area contributed by atoms with E-state index in [2.05, 4.69) is 17.1 Å². The number of hydrogen-bond donors (Lipinski definition) is 1. The minimum absolute atomic E-state index is 0.169. The van der Waals surface area contributed by atoms with Crippen LogP contribution in [-0.4, -0.2) is 15.9 Å². The second-order valence-corrected chi connectivity index (χ2v) is 3.75. The third-order valence-electron chi connectivity index (χ3n) is 1.31. The summed E-state index contributed by atoms with van der Waals surface area (Å²) in [5.41, 5.74) is 5.55. The Hall–Kier alpha value is -0.550. The monoisotopic (exact) mass is 187 g/mol. The van der Waals surface area contributed by atoms with Gasteiger partial charge in [0, 0.05) is 0 Å². The van der Waals surface area contributed by atoms with Crippen LogP contribution in [0.5, 0.6) is 0 Å². The number of thioether (sulfide) groups is 1. The highest BCUT2D eigenvalue weighted by Gasteiger charge is 2.08. The predicted molar refractivity (Wildman–Crippen MR) is 48.7 cm³/mol. The summed E-state index contributed by atoms with van der Waals surface area (Å²) in [6.45, 7) is 3.92. The van der Waals surface area contributed by atoms with Crippen LogP contribution >= 0.6 is 11.8 Å². The molecule has 1 heterocycles. The van der Waals surface area contributed by atoms with Crippen LogP contribution in [-0.2, 0) is 5.75 Å². The van der Waals surface area contributed by atoms with E-state index in [1.807, 2.05) is 6.92 Å². The molecule has 4 nitrogen and oxygen atoms in total. The maximum atomic E-state index is 5.55. The SMILES string of the molecule is CCSCc1noc([C@@H](C)N)n1. The standard InChI is InChI=1S/C7H13N3OS/c1-3-12-4-6-9-7(5(2)8)11-10-6/h5H,3-4,8H2,1-2H3/t5-/m1/s1. The molecule has 5 heteroatoms. The fourth-order valence-electron chi connectivity index (χ4n) is 0.704. The van der Waals surface area contributed by atoms with E-state index >= 15 is 0 Å². The van der Waals surface area contributed by atoms with Gasteiger partial charge in [-0.2, -0.15) is 16.7 Å². The predicted octanol–water partition coefficient (Wildman–Crippen LogP) is 1.34. The lowest BCUT2D eigenvalue weighted by atomic mass is 10.4. The Morgan fingerprint density at radius 2 is 2.42 bits per heavy atom. The summed E-state index contributed by atoms with van der Waals surface area (Å²) in [6.07, 6.45) is 0. The molecule has 0 saturated carbocycles. The lowest BCUT2D eigenvalue weighted by Crippen LogP contribution is -2.05. The highest BCUT2D eigenvalue weighted by atomic mass is 32.2. The van der Waals surface area contributed by atoms with Gasteiger partial charge in [0.15, 0.2) is 5.82 Å². The zero-order valence-corrected chi connectivity index (χ0v) is 8.10. The molecule has 68 valence electrons. The van der Waals surface area contributed by atoms with E-state index in [9.17, 15) is 0 Å². The van der Waals surface area contributed by atoms with Gasteiger partial charge >= 0.3 is 0 Å². The average molecular weight is 187 g/mol. The van der Waals surface area contributed by atoms with Crippen molar-refractivity contribution in [2.24, 2.45) is 5.73 Å². The van der Waals surface area contributed by atoms with E-state index in [1.165, 1.54) is 0 Å². The van der Waals surface area contributed by atoms with Crippen molar-refractivity contribution in [3.05, 3.63) is 11.7 Å². The highest BCUT2D eigenvalue weighted by molar-refractivity contribution is 7.98. The lowest BCUT2D eigenvalue weighted by molar-refractivity contribution is 0.358. The van der Waals surface area contributed by atoms with Gasteiger partial charge in [-0.3, -0.25) is 0 Å². The molecule has 0 bridgehead atoms. The first kappa shape index (κ1) is 9.54. The summed E-state index contributed by atoms with van der Waals surface area (Å²) < 4.78 is 4.92. The minimum Gasteiger partial charge on any atom is -0.338 e. The molecule has 0 aromatic carbocycles. The van der Waals surface area contributed by atoms with E-state index in [0.29, 0.717) is 5.89 Å². The maximum Gasteiger partial charge on any atom is 0.243 e. The summed E-state index contributed by atoms with van der Waals surface area (Å²) in [4.78, 5) is 4.12. The zero-order valence-electron chi connectivity index (χ0n) is 7.28. The molecule has 2 N–H and O–H groups in total. The number of rotatable bonds is 4. The molecule has 1 rings (SSSR count). The summed E-state index contributed by atoms with van der Waals surface area (Å²) in [6, 6.07) is -0.169. The van der Waals surface area contributed by atoms with Gasteiger partial charge in [-0.15, -0.1) is 0 Å². The average Bonchev–Trinajstić information content (AvgIpc) is 2.48. The van der Waals surface area contributed by atoms with Crippen molar-refractivity contribution in [2.75, 3.05) is 5.75 Å². The molecule has 0 aliphatic rings. The Morgan fingerprint density at radius 3 is 2.92 bits per heavy atom. The molecule has 0 aliphatic heterocycles. The normalized spacial score (nSPS) is 13.2.